The van der Waals surface area contributed by atoms with E-state index in [0.717, 1.165) is 82.1 Å². The summed E-state index contributed by atoms with van der Waals surface area (Å²) in [6.07, 6.45) is 3.10. The number of nitrogens with zero attached hydrogens (tertiary/aromatic N) is 2. The molecule has 6 nitrogen and oxygen atoms in total. The van der Waals surface area contributed by atoms with Crippen LogP contribution >= 0.6 is 0 Å². The number of hydrogen-bond donors (Lipinski definition) is 1. The van der Waals surface area contributed by atoms with Crippen LogP contribution in [0.3, 0.4) is 0 Å². The van der Waals surface area contributed by atoms with Crippen molar-refractivity contribution in [3.05, 3.63) is 58.7 Å². The van der Waals surface area contributed by atoms with Crippen molar-refractivity contribution >= 4 is 11.6 Å². The van der Waals surface area contributed by atoms with Crippen molar-refractivity contribution < 1.29 is 14.3 Å². The first-order chi connectivity index (χ1) is 15.2. The van der Waals surface area contributed by atoms with E-state index < -0.39 is 0 Å². The number of ether oxygens (including phenoxy) is 2. The van der Waals surface area contributed by atoms with Gasteiger partial charge in [-0.1, -0.05) is 18.2 Å². The Morgan fingerprint density at radius 1 is 1.06 bits per heavy atom. The molecule has 4 aliphatic rings. The lowest BCUT2D eigenvalue weighted by molar-refractivity contribution is 0.0952. The maximum Gasteiger partial charge on any atom is 0.252 e. The van der Waals surface area contributed by atoms with Gasteiger partial charge in [0.25, 0.3) is 5.91 Å². The summed E-state index contributed by atoms with van der Waals surface area (Å²) in [5.74, 6) is 0.850. The Labute approximate surface area is 183 Å². The van der Waals surface area contributed by atoms with Crippen LogP contribution in [0.25, 0.3) is 0 Å². The van der Waals surface area contributed by atoms with Gasteiger partial charge in [-0.2, -0.15) is 0 Å². The number of amides is 1. The zero-order chi connectivity index (χ0) is 20.8. The molecule has 1 spiro atoms. The topological polar surface area (TPSA) is 54.0 Å². The first-order valence-electron chi connectivity index (χ1n) is 11.5. The van der Waals surface area contributed by atoms with Gasteiger partial charge < -0.3 is 19.7 Å². The smallest absolute Gasteiger partial charge is 0.252 e. The average Bonchev–Trinajstić information content (AvgIpc) is 3.30. The molecule has 0 radical (unpaired) electrons. The van der Waals surface area contributed by atoms with Crippen LogP contribution in [-0.4, -0.2) is 50.1 Å². The number of anilines is 1. The van der Waals surface area contributed by atoms with Gasteiger partial charge in [-0.05, 0) is 48.6 Å². The highest BCUT2D eigenvalue weighted by atomic mass is 16.5. The number of benzene rings is 2. The van der Waals surface area contributed by atoms with E-state index in [2.05, 4.69) is 39.4 Å². The van der Waals surface area contributed by atoms with Gasteiger partial charge in [-0.25, -0.2) is 0 Å². The molecule has 6 heteroatoms. The maximum atomic E-state index is 12.2. The molecule has 6 rings (SSSR count). The van der Waals surface area contributed by atoms with Crippen molar-refractivity contribution in [3.8, 4) is 5.75 Å². The minimum Gasteiger partial charge on any atom is -0.494 e. The Bertz CT molecular complexity index is 1010. The van der Waals surface area contributed by atoms with Crippen molar-refractivity contribution in [2.45, 2.75) is 38.0 Å². The first-order valence-corrected chi connectivity index (χ1v) is 11.5. The lowest BCUT2D eigenvalue weighted by Crippen LogP contribution is -2.47. The number of fused-ring (bicyclic) bond motifs is 3. The van der Waals surface area contributed by atoms with Crippen LogP contribution in [-0.2, 0) is 23.5 Å². The molecule has 1 aliphatic carbocycles. The fourth-order valence-electron chi connectivity index (χ4n) is 5.26. The number of hydrogen-bond acceptors (Lipinski definition) is 5. The normalized spacial score (nSPS) is 21.2. The summed E-state index contributed by atoms with van der Waals surface area (Å²) in [6, 6.07) is 12.6. The van der Waals surface area contributed by atoms with Crippen LogP contribution in [0.4, 0.5) is 5.69 Å². The zero-order valence-electron chi connectivity index (χ0n) is 17.9. The van der Waals surface area contributed by atoms with Crippen molar-refractivity contribution in [3.63, 3.8) is 0 Å². The van der Waals surface area contributed by atoms with Crippen molar-refractivity contribution in [2.75, 3.05) is 44.2 Å². The predicted octanol–water partition coefficient (Wildman–Crippen LogP) is 3.04. The summed E-state index contributed by atoms with van der Waals surface area (Å²) in [7, 11) is 0. The summed E-state index contributed by atoms with van der Waals surface area (Å²) in [6.45, 7) is 7.47. The lowest BCUT2D eigenvalue weighted by Gasteiger charge is -2.37. The zero-order valence-corrected chi connectivity index (χ0v) is 17.9. The third-order valence-electron chi connectivity index (χ3n) is 7.21. The SMILES string of the molecule is O=C1NC2(CC2)c2ccc(OCCCN3CCN(c4cccc5c4COC5)CC3)cc21. The van der Waals surface area contributed by atoms with E-state index in [4.69, 9.17) is 9.47 Å². The number of rotatable bonds is 6. The van der Waals surface area contributed by atoms with E-state index in [1.165, 1.54) is 16.8 Å². The van der Waals surface area contributed by atoms with E-state index in [1.54, 1.807) is 0 Å². The van der Waals surface area contributed by atoms with Gasteiger partial charge >= 0.3 is 0 Å². The summed E-state index contributed by atoms with van der Waals surface area (Å²) < 4.78 is 11.6. The summed E-state index contributed by atoms with van der Waals surface area (Å²) in [5.41, 5.74) is 5.96. The molecule has 1 N–H and O–H groups in total. The summed E-state index contributed by atoms with van der Waals surface area (Å²) in [4.78, 5) is 17.2. The van der Waals surface area contributed by atoms with Gasteiger partial charge in [-0.15, -0.1) is 0 Å². The molecule has 2 aromatic carbocycles. The highest BCUT2D eigenvalue weighted by Crippen LogP contribution is 2.50. The number of nitrogens with one attached hydrogen (secondary N) is 1. The molecule has 162 valence electrons. The average molecular weight is 420 g/mol. The van der Waals surface area contributed by atoms with Gasteiger partial charge in [0.15, 0.2) is 0 Å². The van der Waals surface area contributed by atoms with Gasteiger partial charge in [0.05, 0.1) is 25.4 Å². The third-order valence-corrected chi connectivity index (χ3v) is 7.21. The van der Waals surface area contributed by atoms with Gasteiger partial charge in [0.2, 0.25) is 0 Å². The van der Waals surface area contributed by atoms with E-state index in [-0.39, 0.29) is 11.4 Å². The largest absolute Gasteiger partial charge is 0.494 e. The minimum absolute atomic E-state index is 0.0476. The predicted molar refractivity (Wildman–Crippen MR) is 119 cm³/mol. The summed E-state index contributed by atoms with van der Waals surface area (Å²) in [5, 5.41) is 3.12. The number of piperazine rings is 1. The van der Waals surface area contributed by atoms with Gasteiger partial charge in [-0.3, -0.25) is 9.69 Å². The quantitative estimate of drug-likeness (QED) is 0.730. The van der Waals surface area contributed by atoms with E-state index in [0.29, 0.717) is 6.61 Å². The maximum absolute atomic E-state index is 12.2. The molecular formula is C25H29N3O3. The second kappa shape index (κ2) is 7.53. The van der Waals surface area contributed by atoms with Crippen LogP contribution < -0.4 is 15.0 Å². The lowest BCUT2D eigenvalue weighted by atomic mass is 10.0. The molecule has 3 aliphatic heterocycles. The standard InChI is InChI=1S/C25H29N3O3/c29-24-20-15-19(5-6-22(20)25(26-24)7-8-25)31-14-2-9-27-10-12-28(13-11-27)23-4-1-3-18-16-30-17-21(18)23/h1,3-6,15H,2,7-14,16-17H2,(H,26,29). The molecule has 0 unspecified atom stereocenters. The van der Waals surface area contributed by atoms with Crippen molar-refractivity contribution in [2.24, 2.45) is 0 Å². The number of carbonyl (C=O) groups is 1. The molecular weight excluding hydrogens is 390 g/mol. The highest BCUT2D eigenvalue weighted by molar-refractivity contribution is 6.01. The Morgan fingerprint density at radius 3 is 2.77 bits per heavy atom. The molecule has 1 amide bonds. The second-order valence-corrected chi connectivity index (χ2v) is 9.18. The van der Waals surface area contributed by atoms with Gasteiger partial charge in [0, 0.05) is 49.5 Å². The second-order valence-electron chi connectivity index (χ2n) is 9.18. The molecule has 0 bridgehead atoms. The Balaban J connectivity index is 0.974. The fourth-order valence-corrected chi connectivity index (χ4v) is 5.26. The molecule has 0 atom stereocenters. The minimum atomic E-state index is -0.0556. The van der Waals surface area contributed by atoms with Gasteiger partial charge in [0.1, 0.15) is 5.75 Å². The van der Waals surface area contributed by atoms with E-state index >= 15 is 0 Å². The monoisotopic (exact) mass is 419 g/mol. The van der Waals surface area contributed by atoms with E-state index in [1.807, 2.05) is 12.1 Å². The molecule has 31 heavy (non-hydrogen) atoms. The molecule has 2 aromatic rings. The molecule has 0 aromatic heterocycles. The molecule has 1 saturated carbocycles. The summed E-state index contributed by atoms with van der Waals surface area (Å²) >= 11 is 0. The molecule has 3 heterocycles. The Morgan fingerprint density at radius 2 is 1.94 bits per heavy atom. The van der Waals surface area contributed by atoms with Crippen LogP contribution in [0.15, 0.2) is 36.4 Å². The fraction of sp³-hybridized carbons (Fsp3) is 0.480. The molecule has 1 saturated heterocycles. The van der Waals surface area contributed by atoms with Crippen molar-refractivity contribution in [1.82, 2.24) is 10.2 Å². The Kier molecular flexibility index (Phi) is 4.65. The number of carbonyl (C=O) groups excluding carboxylic acids is 1. The third kappa shape index (κ3) is 3.48. The van der Waals surface area contributed by atoms with Crippen LogP contribution in [0, 0.1) is 0 Å². The van der Waals surface area contributed by atoms with Crippen LogP contribution in [0.5, 0.6) is 5.75 Å². The van der Waals surface area contributed by atoms with Crippen LogP contribution in [0.2, 0.25) is 0 Å². The first kappa shape index (κ1) is 19.1. The highest BCUT2D eigenvalue weighted by Gasteiger charge is 2.52. The molecule has 2 fully saturated rings. The van der Waals surface area contributed by atoms with Crippen molar-refractivity contribution in [1.29, 1.82) is 0 Å². The Hall–Kier alpha value is -2.57. The van der Waals surface area contributed by atoms with E-state index in [9.17, 15) is 4.79 Å². The van der Waals surface area contributed by atoms with Crippen LogP contribution in [0.1, 0.15) is 46.3 Å².